The molecule has 2 aliphatic rings. The third kappa shape index (κ3) is 12.7. The van der Waals surface area contributed by atoms with E-state index >= 15 is 0 Å². The van der Waals surface area contributed by atoms with Crippen LogP contribution in [0.4, 0.5) is 0 Å². The molecule has 0 aliphatic heterocycles. The summed E-state index contributed by atoms with van der Waals surface area (Å²) < 4.78 is 10.5. The number of rotatable bonds is 12. The van der Waals surface area contributed by atoms with Crippen LogP contribution in [0.2, 0.25) is 0 Å². The summed E-state index contributed by atoms with van der Waals surface area (Å²) in [5, 5.41) is 0. The zero-order valence-corrected chi connectivity index (χ0v) is 32.1. The molecule has 0 spiro atoms. The molecule has 2 atom stereocenters. The molecule has 0 aromatic rings. The number of allylic oxidation sites excluding steroid dienone is 20. The van der Waals surface area contributed by atoms with Crippen molar-refractivity contribution in [3.05, 3.63) is 130 Å². The predicted molar refractivity (Wildman–Crippen MR) is 204 cm³/mol. The molecule has 0 saturated carbocycles. The molecule has 0 aromatic carbocycles. The van der Waals surface area contributed by atoms with E-state index in [1.165, 1.54) is 13.8 Å². The first-order chi connectivity index (χ1) is 23.2. The van der Waals surface area contributed by atoms with Crippen molar-refractivity contribution in [3.8, 4) is 0 Å². The molecule has 6 heteroatoms. The number of esters is 2. The van der Waals surface area contributed by atoms with Gasteiger partial charge in [-0.1, -0.05) is 135 Å². The molecule has 50 heavy (non-hydrogen) atoms. The zero-order chi connectivity index (χ0) is 37.8. The van der Waals surface area contributed by atoms with Gasteiger partial charge in [-0.15, -0.1) is 0 Å². The molecular formula is C44H56O6. The number of hydrogen-bond donors (Lipinski definition) is 0. The Labute approximate surface area is 300 Å². The van der Waals surface area contributed by atoms with Crippen LogP contribution in [-0.4, -0.2) is 35.7 Å². The first kappa shape index (κ1) is 41.6. The van der Waals surface area contributed by atoms with E-state index in [1.54, 1.807) is 13.8 Å². The third-order valence-electron chi connectivity index (χ3n) is 8.89. The Kier molecular flexibility index (Phi) is 15.3. The second-order valence-electron chi connectivity index (χ2n) is 14.6. The first-order valence-corrected chi connectivity index (χ1v) is 17.2. The smallest absolute Gasteiger partial charge is 0.303 e. The monoisotopic (exact) mass is 680 g/mol. The Morgan fingerprint density at radius 3 is 1.16 bits per heavy atom. The van der Waals surface area contributed by atoms with E-state index in [0.29, 0.717) is 24.0 Å². The fourth-order valence-corrected chi connectivity index (χ4v) is 6.16. The van der Waals surface area contributed by atoms with E-state index < -0.39 is 24.1 Å². The highest BCUT2D eigenvalue weighted by molar-refractivity contribution is 6.02. The average molecular weight is 681 g/mol. The Hall–Kier alpha value is -4.58. The van der Waals surface area contributed by atoms with Crippen molar-refractivity contribution in [2.45, 2.75) is 108 Å². The molecule has 0 heterocycles. The summed E-state index contributed by atoms with van der Waals surface area (Å²) in [6, 6.07) is 0. The molecule has 6 nitrogen and oxygen atoms in total. The molecule has 0 amide bonds. The van der Waals surface area contributed by atoms with Crippen molar-refractivity contribution < 1.29 is 28.7 Å². The van der Waals surface area contributed by atoms with Crippen LogP contribution >= 0.6 is 0 Å². The summed E-state index contributed by atoms with van der Waals surface area (Å²) in [6.45, 7) is 22.7. The van der Waals surface area contributed by atoms with Crippen molar-refractivity contribution in [2.24, 2.45) is 10.8 Å². The van der Waals surface area contributed by atoms with Gasteiger partial charge in [-0.3, -0.25) is 19.2 Å². The number of Topliss-reactive ketones (excluding diaryl/α,β-unsaturated/α-hetero) is 2. The molecule has 268 valence electrons. The van der Waals surface area contributed by atoms with Gasteiger partial charge in [0, 0.05) is 26.7 Å². The Morgan fingerprint density at radius 1 is 0.540 bits per heavy atom. The molecule has 2 aliphatic carbocycles. The number of ketones is 2. The number of carbonyl (C=O) groups excluding carboxylic acids is 4. The summed E-state index contributed by atoms with van der Waals surface area (Å²) in [7, 11) is 0. The van der Waals surface area contributed by atoms with Crippen LogP contribution < -0.4 is 0 Å². The highest BCUT2D eigenvalue weighted by Crippen LogP contribution is 2.42. The van der Waals surface area contributed by atoms with Crippen molar-refractivity contribution in [1.82, 2.24) is 0 Å². The maximum atomic E-state index is 12.8. The van der Waals surface area contributed by atoms with Gasteiger partial charge in [0.1, 0.15) is 0 Å². The maximum Gasteiger partial charge on any atom is 0.303 e. The first-order valence-electron chi connectivity index (χ1n) is 17.2. The van der Waals surface area contributed by atoms with E-state index in [4.69, 9.17) is 9.47 Å². The average Bonchev–Trinajstić information content (AvgIpc) is 2.99. The fourth-order valence-electron chi connectivity index (χ4n) is 6.16. The van der Waals surface area contributed by atoms with Gasteiger partial charge in [0.2, 0.25) is 0 Å². The van der Waals surface area contributed by atoms with Crippen LogP contribution in [0.15, 0.2) is 130 Å². The summed E-state index contributed by atoms with van der Waals surface area (Å²) in [6.07, 6.45) is 27.8. The van der Waals surface area contributed by atoms with Crippen molar-refractivity contribution >= 4 is 23.5 Å². The van der Waals surface area contributed by atoms with Crippen LogP contribution in [0.5, 0.6) is 0 Å². The molecule has 2 rings (SSSR count). The van der Waals surface area contributed by atoms with Crippen LogP contribution in [-0.2, 0) is 28.7 Å². The van der Waals surface area contributed by atoms with Crippen LogP contribution in [0, 0.1) is 10.8 Å². The molecule has 0 aromatic heterocycles. The molecule has 2 unspecified atom stereocenters. The zero-order valence-electron chi connectivity index (χ0n) is 32.1. The van der Waals surface area contributed by atoms with Gasteiger partial charge in [0.15, 0.2) is 23.8 Å². The van der Waals surface area contributed by atoms with Crippen molar-refractivity contribution in [1.29, 1.82) is 0 Å². The van der Waals surface area contributed by atoms with E-state index in [0.717, 1.165) is 33.4 Å². The van der Waals surface area contributed by atoms with E-state index in [-0.39, 0.29) is 22.4 Å². The number of carbonyl (C=O) groups is 4. The van der Waals surface area contributed by atoms with Crippen LogP contribution in [0.25, 0.3) is 0 Å². The fraction of sp³-hybridized carbons (Fsp3) is 0.409. The molecule has 0 N–H and O–H groups in total. The maximum absolute atomic E-state index is 12.8. The summed E-state index contributed by atoms with van der Waals surface area (Å²) in [5.41, 5.74) is 6.94. The molecule has 0 bridgehead atoms. The molecular weight excluding hydrogens is 624 g/mol. The van der Waals surface area contributed by atoms with Gasteiger partial charge in [-0.25, -0.2) is 0 Å². The number of hydrogen-bond acceptors (Lipinski definition) is 6. The van der Waals surface area contributed by atoms with E-state index in [2.05, 4.69) is 27.7 Å². The second-order valence-corrected chi connectivity index (χ2v) is 14.6. The quantitative estimate of drug-likeness (QED) is 0.151. The lowest BCUT2D eigenvalue weighted by Crippen LogP contribution is -2.38. The van der Waals surface area contributed by atoms with Gasteiger partial charge in [0.25, 0.3) is 0 Å². The molecule has 0 radical (unpaired) electrons. The predicted octanol–water partition coefficient (Wildman–Crippen LogP) is 10.0. The summed E-state index contributed by atoms with van der Waals surface area (Å²) in [4.78, 5) is 48.4. The topological polar surface area (TPSA) is 86.7 Å². The minimum Gasteiger partial charge on any atom is -0.454 e. The Balaban J connectivity index is 1.98. The van der Waals surface area contributed by atoms with E-state index in [1.807, 2.05) is 113 Å². The van der Waals surface area contributed by atoms with Crippen molar-refractivity contribution in [2.75, 3.05) is 0 Å². The second kappa shape index (κ2) is 18.4. The Bertz CT molecular complexity index is 1560. The normalized spacial score (nSPS) is 22.7. The van der Waals surface area contributed by atoms with Gasteiger partial charge < -0.3 is 9.47 Å². The van der Waals surface area contributed by atoms with Gasteiger partial charge in [-0.05, 0) is 74.7 Å². The Morgan fingerprint density at radius 2 is 0.840 bits per heavy atom. The minimum atomic E-state index is -0.719. The summed E-state index contributed by atoms with van der Waals surface area (Å²) in [5.74, 6) is -1.13. The third-order valence-corrected chi connectivity index (χ3v) is 8.89. The lowest BCUT2D eigenvalue weighted by molar-refractivity contribution is -0.154. The largest absolute Gasteiger partial charge is 0.454 e. The number of ether oxygens (including phenoxy) is 2. The standard InChI is InChI=1S/C44H56O6/c1-29(19-15-21-31(3)23-25-37-33(5)41(47)39(49-35(7)45)27-43(37,9)10)17-13-14-18-30(2)20-16-22-32(4)24-26-38-34(6)42(48)40(50-36(8)46)28-44(38,11)12/h13-26,39-40H,27-28H2,1-12H3/b14-13+,19-15+,20-16+,25-23+,26-24+,29-17+,30-18+,31-21-,32-22+. The van der Waals surface area contributed by atoms with Crippen molar-refractivity contribution in [3.63, 3.8) is 0 Å². The lowest BCUT2D eigenvalue weighted by Gasteiger charge is -2.36. The highest BCUT2D eigenvalue weighted by Gasteiger charge is 2.40. The lowest BCUT2D eigenvalue weighted by atomic mass is 9.71. The molecule has 0 fully saturated rings. The SMILES string of the molecule is CC(=O)OC1CC(C)(C)C(/C=C/C(C)=C\C=C\C(C)=C\C=C\C=C(C)\C=C\C=C(C)\C=C\C2=C(C)C(=O)C(OC(C)=O)CC2(C)C)=C(C)C1=O. The minimum absolute atomic E-state index is 0.127. The van der Waals surface area contributed by atoms with Crippen LogP contribution in [0.3, 0.4) is 0 Å². The van der Waals surface area contributed by atoms with Gasteiger partial charge >= 0.3 is 11.9 Å². The van der Waals surface area contributed by atoms with Gasteiger partial charge in [-0.2, -0.15) is 0 Å². The van der Waals surface area contributed by atoms with Crippen LogP contribution in [0.1, 0.15) is 95.9 Å². The summed E-state index contributed by atoms with van der Waals surface area (Å²) >= 11 is 0. The van der Waals surface area contributed by atoms with Gasteiger partial charge in [0.05, 0.1) is 0 Å². The molecule has 0 saturated heterocycles. The highest BCUT2D eigenvalue weighted by atomic mass is 16.5. The van der Waals surface area contributed by atoms with E-state index in [9.17, 15) is 19.2 Å².